The van der Waals surface area contributed by atoms with E-state index in [1.165, 1.54) is 6.21 Å². The molecule has 0 radical (unpaired) electrons. The molecule has 6 nitrogen and oxygen atoms in total. The van der Waals surface area contributed by atoms with Crippen molar-refractivity contribution in [1.82, 2.24) is 5.43 Å². The molecule has 0 aromatic heterocycles. The Morgan fingerprint density at radius 2 is 1.74 bits per heavy atom. The van der Waals surface area contributed by atoms with E-state index in [9.17, 15) is 9.59 Å². The first kappa shape index (κ1) is 22.1. The number of hydrazone groups is 1. The molecule has 0 bridgehead atoms. The lowest BCUT2D eigenvalue weighted by Crippen LogP contribution is -2.33. The van der Waals surface area contributed by atoms with Crippen molar-refractivity contribution in [3.8, 4) is 11.5 Å². The standard InChI is InChI=1S/C24H21ClN2O4/c1-16-5-3-6-19(13-16)24(29)31-21-11-9-18(10-12-21)15-26-27-23(28)17(2)30-22-8-4-7-20(25)14-22/h3-15,17H,1-2H3,(H,27,28). The van der Waals surface area contributed by atoms with Crippen LogP contribution >= 0.6 is 11.6 Å². The highest BCUT2D eigenvalue weighted by Crippen LogP contribution is 2.18. The fraction of sp³-hybridized carbons (Fsp3) is 0.125. The van der Waals surface area contributed by atoms with Gasteiger partial charge in [-0.05, 0) is 74.0 Å². The quantitative estimate of drug-likeness (QED) is 0.250. The highest BCUT2D eigenvalue weighted by molar-refractivity contribution is 6.30. The molecule has 3 rings (SSSR count). The first-order valence-corrected chi connectivity index (χ1v) is 9.92. The Morgan fingerprint density at radius 3 is 2.45 bits per heavy atom. The summed E-state index contributed by atoms with van der Waals surface area (Å²) in [6.07, 6.45) is 0.731. The van der Waals surface area contributed by atoms with E-state index < -0.39 is 18.0 Å². The molecule has 1 atom stereocenters. The number of benzene rings is 3. The minimum Gasteiger partial charge on any atom is -0.481 e. The van der Waals surface area contributed by atoms with Crippen molar-refractivity contribution in [2.24, 2.45) is 5.10 Å². The SMILES string of the molecule is Cc1cccc(C(=O)Oc2ccc(C=NNC(=O)C(C)Oc3cccc(Cl)c3)cc2)c1. The fourth-order valence-corrected chi connectivity index (χ4v) is 2.80. The molecule has 158 valence electrons. The lowest BCUT2D eigenvalue weighted by Gasteiger charge is -2.12. The van der Waals surface area contributed by atoms with Crippen molar-refractivity contribution in [2.45, 2.75) is 20.0 Å². The van der Waals surface area contributed by atoms with Crippen LogP contribution in [0.3, 0.4) is 0 Å². The van der Waals surface area contributed by atoms with Crippen LogP contribution < -0.4 is 14.9 Å². The van der Waals surface area contributed by atoms with Crippen LogP contribution in [-0.2, 0) is 4.79 Å². The van der Waals surface area contributed by atoms with E-state index in [-0.39, 0.29) is 0 Å². The molecule has 1 unspecified atom stereocenters. The summed E-state index contributed by atoms with van der Waals surface area (Å²) < 4.78 is 10.9. The normalized spacial score (nSPS) is 11.7. The highest BCUT2D eigenvalue weighted by atomic mass is 35.5. The zero-order valence-corrected chi connectivity index (χ0v) is 17.8. The van der Waals surface area contributed by atoms with Gasteiger partial charge in [0.15, 0.2) is 6.10 Å². The molecule has 7 heteroatoms. The zero-order chi connectivity index (χ0) is 22.2. The number of hydrogen-bond donors (Lipinski definition) is 1. The van der Waals surface area contributed by atoms with E-state index >= 15 is 0 Å². The lowest BCUT2D eigenvalue weighted by molar-refractivity contribution is -0.127. The van der Waals surface area contributed by atoms with Gasteiger partial charge >= 0.3 is 5.97 Å². The molecule has 0 aliphatic carbocycles. The minimum atomic E-state index is -0.751. The maximum absolute atomic E-state index is 12.2. The second-order valence-corrected chi connectivity index (χ2v) is 7.22. The minimum absolute atomic E-state index is 0.403. The zero-order valence-electron chi connectivity index (χ0n) is 17.0. The molecule has 0 aliphatic heterocycles. The number of hydrogen-bond acceptors (Lipinski definition) is 5. The Labute approximate surface area is 185 Å². The second kappa shape index (κ2) is 10.4. The Balaban J connectivity index is 1.51. The molecule has 0 heterocycles. The summed E-state index contributed by atoms with van der Waals surface area (Å²) in [5, 5.41) is 4.46. The molecule has 3 aromatic rings. The van der Waals surface area contributed by atoms with Crippen molar-refractivity contribution in [3.05, 3.63) is 94.5 Å². The summed E-state index contributed by atoms with van der Waals surface area (Å²) in [7, 11) is 0. The summed E-state index contributed by atoms with van der Waals surface area (Å²) in [4.78, 5) is 24.3. The van der Waals surface area contributed by atoms with Crippen molar-refractivity contribution < 1.29 is 19.1 Å². The maximum Gasteiger partial charge on any atom is 0.343 e. The first-order valence-electron chi connectivity index (χ1n) is 9.55. The van der Waals surface area contributed by atoms with Crippen LogP contribution in [0.15, 0.2) is 77.9 Å². The van der Waals surface area contributed by atoms with Gasteiger partial charge in [0.05, 0.1) is 11.8 Å². The molecule has 3 aromatic carbocycles. The molecule has 0 spiro atoms. The third-order valence-electron chi connectivity index (χ3n) is 4.21. The summed E-state index contributed by atoms with van der Waals surface area (Å²) in [6, 6.07) is 20.7. The van der Waals surface area contributed by atoms with Gasteiger partial charge in [0.25, 0.3) is 5.91 Å². The average Bonchev–Trinajstić information content (AvgIpc) is 2.75. The number of aryl methyl sites for hydroxylation is 1. The Morgan fingerprint density at radius 1 is 1.00 bits per heavy atom. The van der Waals surface area contributed by atoms with Crippen LogP contribution in [0.25, 0.3) is 0 Å². The molecular weight excluding hydrogens is 416 g/mol. The average molecular weight is 437 g/mol. The number of ether oxygens (including phenoxy) is 2. The summed E-state index contributed by atoms with van der Waals surface area (Å²) in [5.41, 5.74) is 4.62. The first-order chi connectivity index (χ1) is 14.9. The Bertz CT molecular complexity index is 1100. The van der Waals surface area contributed by atoms with Gasteiger partial charge in [-0.1, -0.05) is 35.4 Å². The highest BCUT2D eigenvalue weighted by Gasteiger charge is 2.14. The molecule has 0 saturated carbocycles. The molecule has 0 aliphatic rings. The van der Waals surface area contributed by atoms with E-state index in [1.54, 1.807) is 73.7 Å². The number of carbonyl (C=O) groups is 2. The predicted octanol–water partition coefficient (Wildman–Crippen LogP) is 4.79. The monoisotopic (exact) mass is 436 g/mol. The van der Waals surface area contributed by atoms with E-state index in [1.807, 2.05) is 13.0 Å². The van der Waals surface area contributed by atoms with Gasteiger partial charge in [-0.15, -0.1) is 0 Å². The Kier molecular flexibility index (Phi) is 7.40. The molecule has 0 fully saturated rings. The smallest absolute Gasteiger partial charge is 0.343 e. The summed E-state index contributed by atoms with van der Waals surface area (Å²) in [6.45, 7) is 3.52. The summed E-state index contributed by atoms with van der Waals surface area (Å²) >= 11 is 5.90. The number of nitrogens with zero attached hydrogens (tertiary/aromatic N) is 1. The maximum atomic E-state index is 12.2. The van der Waals surface area contributed by atoms with Crippen LogP contribution in [0.1, 0.15) is 28.4 Å². The van der Waals surface area contributed by atoms with Crippen molar-refractivity contribution in [2.75, 3.05) is 0 Å². The van der Waals surface area contributed by atoms with E-state index in [0.29, 0.717) is 22.1 Å². The van der Waals surface area contributed by atoms with Crippen LogP contribution in [0, 0.1) is 6.92 Å². The number of halogens is 1. The van der Waals surface area contributed by atoms with Crippen LogP contribution in [0.2, 0.25) is 5.02 Å². The number of nitrogens with one attached hydrogen (secondary N) is 1. The van der Waals surface area contributed by atoms with Gasteiger partial charge in [-0.25, -0.2) is 10.2 Å². The number of amides is 1. The fourth-order valence-electron chi connectivity index (χ4n) is 2.62. The van der Waals surface area contributed by atoms with Gasteiger partial charge in [-0.2, -0.15) is 5.10 Å². The van der Waals surface area contributed by atoms with Crippen molar-refractivity contribution in [1.29, 1.82) is 0 Å². The largest absolute Gasteiger partial charge is 0.481 e. The van der Waals surface area contributed by atoms with E-state index in [4.69, 9.17) is 21.1 Å². The Hall–Kier alpha value is -3.64. The third-order valence-corrected chi connectivity index (χ3v) is 4.45. The van der Waals surface area contributed by atoms with Crippen LogP contribution in [0.5, 0.6) is 11.5 Å². The van der Waals surface area contributed by atoms with Gasteiger partial charge in [0, 0.05) is 5.02 Å². The number of carbonyl (C=O) groups excluding carboxylic acids is 2. The van der Waals surface area contributed by atoms with Crippen LogP contribution in [-0.4, -0.2) is 24.2 Å². The molecule has 31 heavy (non-hydrogen) atoms. The van der Waals surface area contributed by atoms with Crippen molar-refractivity contribution in [3.63, 3.8) is 0 Å². The predicted molar refractivity (Wildman–Crippen MR) is 120 cm³/mol. The molecule has 0 saturated heterocycles. The van der Waals surface area contributed by atoms with Crippen molar-refractivity contribution >= 4 is 29.7 Å². The van der Waals surface area contributed by atoms with Gasteiger partial charge in [-0.3, -0.25) is 4.79 Å². The van der Waals surface area contributed by atoms with Crippen LogP contribution in [0.4, 0.5) is 0 Å². The molecule has 1 amide bonds. The topological polar surface area (TPSA) is 77.0 Å². The second-order valence-electron chi connectivity index (χ2n) is 6.78. The van der Waals surface area contributed by atoms with Gasteiger partial charge in [0.1, 0.15) is 11.5 Å². The number of esters is 1. The number of rotatable bonds is 7. The summed E-state index contributed by atoms with van der Waals surface area (Å²) in [5.74, 6) is 0.0807. The molecular formula is C24H21ClN2O4. The van der Waals surface area contributed by atoms with E-state index in [2.05, 4.69) is 10.5 Å². The van der Waals surface area contributed by atoms with Gasteiger partial charge in [0.2, 0.25) is 0 Å². The molecule has 1 N–H and O–H groups in total. The van der Waals surface area contributed by atoms with E-state index in [0.717, 1.165) is 11.1 Å². The van der Waals surface area contributed by atoms with Gasteiger partial charge < -0.3 is 9.47 Å². The lowest BCUT2D eigenvalue weighted by atomic mass is 10.1. The third kappa shape index (κ3) is 6.69.